The zero-order chi connectivity index (χ0) is 14.4. The third-order valence-corrected chi connectivity index (χ3v) is 2.88. The molecule has 20 heavy (non-hydrogen) atoms. The Morgan fingerprint density at radius 1 is 1.05 bits per heavy atom. The van der Waals surface area contributed by atoms with Gasteiger partial charge in [-0.2, -0.15) is 0 Å². The monoisotopic (exact) mass is 272 g/mol. The molecule has 0 unspecified atom stereocenters. The topological polar surface area (TPSA) is 55.8 Å². The zero-order valence-corrected chi connectivity index (χ0v) is 11.2. The van der Waals surface area contributed by atoms with E-state index in [0.29, 0.717) is 24.3 Å². The van der Waals surface area contributed by atoms with E-state index in [1.807, 2.05) is 30.3 Å². The number of hydrogen-bond acceptors (Lipinski definition) is 3. The highest BCUT2D eigenvalue weighted by atomic mass is 16.5. The average Bonchev–Trinajstić information content (AvgIpc) is 2.48. The maximum Gasteiger partial charge on any atom is 0.336 e. The molecule has 0 spiro atoms. The van der Waals surface area contributed by atoms with E-state index in [-0.39, 0.29) is 0 Å². The molecule has 4 heteroatoms. The summed E-state index contributed by atoms with van der Waals surface area (Å²) in [4.78, 5) is 11.2. The van der Waals surface area contributed by atoms with Crippen LogP contribution >= 0.6 is 0 Å². The van der Waals surface area contributed by atoms with Crippen molar-refractivity contribution in [3.63, 3.8) is 0 Å². The summed E-state index contributed by atoms with van der Waals surface area (Å²) in [7, 11) is 1.62. The summed E-state index contributed by atoms with van der Waals surface area (Å²) in [5, 5.41) is 9.19. The summed E-state index contributed by atoms with van der Waals surface area (Å²) in [5.74, 6) is -0.195. The maximum absolute atomic E-state index is 11.2. The summed E-state index contributed by atoms with van der Waals surface area (Å²) in [6.07, 6.45) is 0. The van der Waals surface area contributed by atoms with Crippen molar-refractivity contribution in [2.24, 2.45) is 0 Å². The average molecular weight is 272 g/mol. The quantitative estimate of drug-likeness (QED) is 0.821. The van der Waals surface area contributed by atoms with E-state index in [9.17, 15) is 9.90 Å². The summed E-state index contributed by atoms with van der Waals surface area (Å²) in [5.41, 5.74) is 1.84. The van der Waals surface area contributed by atoms with Gasteiger partial charge in [0.2, 0.25) is 0 Å². The molecule has 0 aliphatic heterocycles. The van der Waals surface area contributed by atoms with Crippen LogP contribution in [0.1, 0.15) is 10.4 Å². The Morgan fingerprint density at radius 3 is 2.40 bits per heavy atom. The molecule has 0 radical (unpaired) electrons. The molecule has 1 N–H and O–H groups in total. The smallest absolute Gasteiger partial charge is 0.336 e. The van der Waals surface area contributed by atoms with Crippen molar-refractivity contribution >= 4 is 5.97 Å². The van der Waals surface area contributed by atoms with Crippen molar-refractivity contribution in [3.05, 3.63) is 54.1 Å². The molecule has 0 aromatic heterocycles. The number of aromatic carboxylic acids is 1. The molecule has 0 amide bonds. The number of hydrogen-bond donors (Lipinski definition) is 1. The SMILES string of the molecule is COCCOc1ccc(-c2ccccc2C(=O)O)cc1. The van der Waals surface area contributed by atoms with Crippen molar-refractivity contribution in [1.82, 2.24) is 0 Å². The molecule has 0 aliphatic carbocycles. The van der Waals surface area contributed by atoms with Gasteiger partial charge in [-0.25, -0.2) is 4.79 Å². The summed E-state index contributed by atoms with van der Waals surface area (Å²) < 4.78 is 10.4. The highest BCUT2D eigenvalue weighted by Gasteiger charge is 2.10. The molecular weight excluding hydrogens is 256 g/mol. The first-order valence-electron chi connectivity index (χ1n) is 6.27. The molecule has 2 rings (SSSR count). The molecule has 0 fully saturated rings. The number of ether oxygens (including phenoxy) is 2. The lowest BCUT2D eigenvalue weighted by Gasteiger charge is -2.08. The fraction of sp³-hybridized carbons (Fsp3) is 0.188. The second-order valence-electron chi connectivity index (χ2n) is 4.22. The first kappa shape index (κ1) is 14.1. The molecule has 0 saturated heterocycles. The minimum Gasteiger partial charge on any atom is -0.491 e. The maximum atomic E-state index is 11.2. The number of methoxy groups -OCH3 is 1. The third kappa shape index (κ3) is 3.36. The molecule has 0 aliphatic rings. The van der Waals surface area contributed by atoms with Crippen LogP contribution in [0.3, 0.4) is 0 Å². The van der Waals surface area contributed by atoms with Crippen LogP contribution in [0.25, 0.3) is 11.1 Å². The molecule has 0 atom stereocenters. The minimum absolute atomic E-state index is 0.292. The van der Waals surface area contributed by atoms with Gasteiger partial charge in [-0.15, -0.1) is 0 Å². The fourth-order valence-corrected chi connectivity index (χ4v) is 1.89. The summed E-state index contributed by atoms with van der Waals surface area (Å²) in [6.45, 7) is 1.02. The second kappa shape index (κ2) is 6.73. The van der Waals surface area contributed by atoms with E-state index >= 15 is 0 Å². The van der Waals surface area contributed by atoms with Crippen molar-refractivity contribution in [1.29, 1.82) is 0 Å². The van der Waals surface area contributed by atoms with Gasteiger partial charge in [-0.3, -0.25) is 0 Å². The predicted octanol–water partition coefficient (Wildman–Crippen LogP) is 3.08. The van der Waals surface area contributed by atoms with Gasteiger partial charge < -0.3 is 14.6 Å². The largest absolute Gasteiger partial charge is 0.491 e. The first-order chi connectivity index (χ1) is 9.72. The number of benzene rings is 2. The van der Waals surface area contributed by atoms with Crippen LogP contribution in [0.15, 0.2) is 48.5 Å². The van der Waals surface area contributed by atoms with Gasteiger partial charge >= 0.3 is 5.97 Å². The van der Waals surface area contributed by atoms with Gasteiger partial charge in [0.15, 0.2) is 0 Å². The van der Waals surface area contributed by atoms with Crippen LogP contribution < -0.4 is 4.74 Å². The molecule has 104 valence electrons. The van der Waals surface area contributed by atoms with Crippen molar-refractivity contribution < 1.29 is 19.4 Å². The van der Waals surface area contributed by atoms with Gasteiger partial charge in [0, 0.05) is 7.11 Å². The van der Waals surface area contributed by atoms with E-state index in [1.165, 1.54) is 0 Å². The Hall–Kier alpha value is -2.33. The van der Waals surface area contributed by atoms with Crippen LogP contribution in [0.4, 0.5) is 0 Å². The second-order valence-corrected chi connectivity index (χ2v) is 4.22. The van der Waals surface area contributed by atoms with Gasteiger partial charge in [-0.05, 0) is 29.3 Å². The summed E-state index contributed by atoms with van der Waals surface area (Å²) >= 11 is 0. The van der Waals surface area contributed by atoms with Crippen LogP contribution in [-0.2, 0) is 4.74 Å². The van der Waals surface area contributed by atoms with Gasteiger partial charge in [-0.1, -0.05) is 30.3 Å². The lowest BCUT2D eigenvalue weighted by Crippen LogP contribution is -2.04. The van der Waals surface area contributed by atoms with E-state index in [0.717, 1.165) is 11.3 Å². The molecule has 0 heterocycles. The van der Waals surface area contributed by atoms with Gasteiger partial charge in [0.1, 0.15) is 12.4 Å². The molecule has 4 nitrogen and oxygen atoms in total. The molecular formula is C16H16O4. The van der Waals surface area contributed by atoms with Crippen LogP contribution in [0, 0.1) is 0 Å². The molecule has 0 saturated carbocycles. The van der Waals surface area contributed by atoms with Gasteiger partial charge in [0.25, 0.3) is 0 Å². The zero-order valence-electron chi connectivity index (χ0n) is 11.2. The Kier molecular flexibility index (Phi) is 4.74. The molecule has 0 bridgehead atoms. The number of rotatable bonds is 6. The van der Waals surface area contributed by atoms with Crippen molar-refractivity contribution in [2.75, 3.05) is 20.3 Å². The van der Waals surface area contributed by atoms with Crippen molar-refractivity contribution in [3.8, 4) is 16.9 Å². The van der Waals surface area contributed by atoms with Crippen LogP contribution in [-0.4, -0.2) is 31.4 Å². The van der Waals surface area contributed by atoms with E-state index in [2.05, 4.69) is 0 Å². The predicted molar refractivity (Wildman–Crippen MR) is 76.2 cm³/mol. The standard InChI is InChI=1S/C16H16O4/c1-19-10-11-20-13-8-6-12(7-9-13)14-4-2-3-5-15(14)16(17)18/h2-9H,10-11H2,1H3,(H,17,18). The summed E-state index contributed by atoms with van der Waals surface area (Å²) in [6, 6.07) is 14.3. The van der Waals surface area contributed by atoms with Crippen LogP contribution in [0.5, 0.6) is 5.75 Å². The van der Waals surface area contributed by atoms with E-state index < -0.39 is 5.97 Å². The number of carboxylic acid groups (broad SMARTS) is 1. The fourth-order valence-electron chi connectivity index (χ4n) is 1.89. The lowest BCUT2D eigenvalue weighted by molar-refractivity contribution is 0.0697. The first-order valence-corrected chi connectivity index (χ1v) is 6.27. The Labute approximate surface area is 117 Å². The van der Waals surface area contributed by atoms with Crippen LogP contribution in [0.2, 0.25) is 0 Å². The Balaban J connectivity index is 2.20. The Morgan fingerprint density at radius 2 is 1.75 bits per heavy atom. The lowest BCUT2D eigenvalue weighted by atomic mass is 10.00. The van der Waals surface area contributed by atoms with E-state index in [1.54, 1.807) is 25.3 Å². The molecule has 2 aromatic carbocycles. The van der Waals surface area contributed by atoms with Crippen molar-refractivity contribution in [2.45, 2.75) is 0 Å². The number of carbonyl (C=O) groups is 1. The minimum atomic E-state index is -0.930. The third-order valence-electron chi connectivity index (χ3n) is 2.88. The number of carboxylic acids is 1. The highest BCUT2D eigenvalue weighted by molar-refractivity contribution is 5.96. The Bertz CT molecular complexity index is 575. The van der Waals surface area contributed by atoms with E-state index in [4.69, 9.17) is 9.47 Å². The highest BCUT2D eigenvalue weighted by Crippen LogP contribution is 2.25. The van der Waals surface area contributed by atoms with Gasteiger partial charge in [0.05, 0.1) is 12.2 Å². The molecule has 2 aromatic rings. The normalized spacial score (nSPS) is 10.2.